The van der Waals surface area contributed by atoms with Crippen LogP contribution in [0.1, 0.15) is 155 Å². The molecule has 0 N–H and O–H groups in total. The van der Waals surface area contributed by atoms with Gasteiger partial charge in [0.2, 0.25) is 5.91 Å². The first-order chi connectivity index (χ1) is 21.1. The highest BCUT2D eigenvalue weighted by Crippen LogP contribution is 2.25. The normalized spacial score (nSPS) is 12.4. The molecule has 7 nitrogen and oxygen atoms in total. The number of carbonyl (C=O) groups excluding carboxylic acids is 3. The second-order valence-corrected chi connectivity index (χ2v) is 12.5. The van der Waals surface area contributed by atoms with Crippen molar-refractivity contribution >= 4 is 17.8 Å². The lowest BCUT2D eigenvalue weighted by atomic mass is 9.97. The van der Waals surface area contributed by atoms with Gasteiger partial charge < -0.3 is 19.3 Å². The van der Waals surface area contributed by atoms with Crippen molar-refractivity contribution in [2.75, 3.05) is 40.9 Å². The number of alkyl halides is 2. The van der Waals surface area contributed by atoms with Gasteiger partial charge in [-0.1, -0.05) is 90.4 Å². The average molecular weight is 633 g/mol. The zero-order chi connectivity index (χ0) is 33.1. The minimum atomic E-state index is -3.44. The van der Waals surface area contributed by atoms with Crippen LogP contribution in [0, 0.1) is 0 Å². The number of ether oxygens (including phenoxy) is 2. The molecular weight excluding hydrogens is 566 g/mol. The van der Waals surface area contributed by atoms with E-state index in [2.05, 4.69) is 21.5 Å². The van der Waals surface area contributed by atoms with Gasteiger partial charge in [-0.25, -0.2) is 4.79 Å². The van der Waals surface area contributed by atoms with Crippen LogP contribution in [0.2, 0.25) is 0 Å². The topological polar surface area (TPSA) is 76.1 Å². The van der Waals surface area contributed by atoms with E-state index in [0.29, 0.717) is 25.8 Å². The SMILES string of the molecule is CCCCCCCCCCC(CCCCCCC(=O)OC)N(CCCCCCC(F)(F)C(=O)OCC)C(=O)CCCN(C)C. The van der Waals surface area contributed by atoms with Crippen LogP contribution in [0.3, 0.4) is 0 Å². The van der Waals surface area contributed by atoms with Gasteiger partial charge in [0.15, 0.2) is 0 Å². The van der Waals surface area contributed by atoms with E-state index in [9.17, 15) is 23.2 Å². The molecular formula is C35H66F2N2O5. The summed E-state index contributed by atoms with van der Waals surface area (Å²) in [6, 6.07) is 0.177. The smallest absolute Gasteiger partial charge is 0.376 e. The third-order valence-corrected chi connectivity index (χ3v) is 8.26. The molecule has 0 heterocycles. The fraction of sp³-hybridized carbons (Fsp3) is 0.914. The number of rotatable bonds is 30. The molecule has 1 amide bonds. The second kappa shape index (κ2) is 27.5. The molecule has 0 saturated carbocycles. The Labute approximate surface area is 268 Å². The number of nitrogens with zero attached hydrogens (tertiary/aromatic N) is 2. The van der Waals surface area contributed by atoms with Gasteiger partial charge in [0.25, 0.3) is 0 Å². The van der Waals surface area contributed by atoms with Crippen LogP contribution < -0.4 is 0 Å². The van der Waals surface area contributed by atoms with Gasteiger partial charge in [-0.2, -0.15) is 8.78 Å². The largest absolute Gasteiger partial charge is 0.469 e. The Hall–Kier alpha value is -1.77. The van der Waals surface area contributed by atoms with Crippen LogP contribution >= 0.6 is 0 Å². The van der Waals surface area contributed by atoms with Crippen LogP contribution in [-0.4, -0.2) is 80.5 Å². The lowest BCUT2D eigenvalue weighted by molar-refractivity contribution is -0.172. The van der Waals surface area contributed by atoms with E-state index < -0.39 is 18.3 Å². The Kier molecular flexibility index (Phi) is 26.4. The first kappa shape index (κ1) is 42.2. The Morgan fingerprint density at radius 3 is 1.80 bits per heavy atom. The third-order valence-electron chi connectivity index (χ3n) is 8.26. The first-order valence-electron chi connectivity index (χ1n) is 17.6. The highest BCUT2D eigenvalue weighted by Gasteiger charge is 2.39. The molecule has 0 aromatic carbocycles. The zero-order valence-corrected chi connectivity index (χ0v) is 28.9. The number of unbranched alkanes of at least 4 members (excludes halogenated alkanes) is 13. The summed E-state index contributed by atoms with van der Waals surface area (Å²) >= 11 is 0. The Bertz CT molecular complexity index is 736. The number of hydrogen-bond acceptors (Lipinski definition) is 6. The van der Waals surface area contributed by atoms with Crippen LogP contribution in [0.15, 0.2) is 0 Å². The number of amides is 1. The third kappa shape index (κ3) is 22.7. The van der Waals surface area contributed by atoms with Gasteiger partial charge in [0.1, 0.15) is 0 Å². The molecule has 0 spiro atoms. The summed E-state index contributed by atoms with van der Waals surface area (Å²) < 4.78 is 37.2. The van der Waals surface area contributed by atoms with Crippen LogP contribution in [0.4, 0.5) is 8.78 Å². The maximum Gasteiger partial charge on any atom is 0.376 e. The zero-order valence-electron chi connectivity index (χ0n) is 28.9. The lowest BCUT2D eigenvalue weighted by Gasteiger charge is -2.33. The highest BCUT2D eigenvalue weighted by molar-refractivity contribution is 5.77. The van der Waals surface area contributed by atoms with E-state index in [1.54, 1.807) is 0 Å². The first-order valence-corrected chi connectivity index (χ1v) is 17.6. The van der Waals surface area contributed by atoms with Gasteiger partial charge in [0.05, 0.1) is 13.7 Å². The Morgan fingerprint density at radius 2 is 1.23 bits per heavy atom. The quantitative estimate of drug-likeness (QED) is 0.0582. The molecule has 0 aliphatic rings. The van der Waals surface area contributed by atoms with Crippen molar-refractivity contribution in [3.05, 3.63) is 0 Å². The summed E-state index contributed by atoms with van der Waals surface area (Å²) in [5.41, 5.74) is 0. The van der Waals surface area contributed by atoms with Gasteiger partial charge >= 0.3 is 17.9 Å². The molecule has 0 rings (SSSR count). The molecule has 1 atom stereocenters. The summed E-state index contributed by atoms with van der Waals surface area (Å²) in [6.45, 7) is 5.20. The van der Waals surface area contributed by atoms with Crippen molar-refractivity contribution in [2.24, 2.45) is 0 Å². The van der Waals surface area contributed by atoms with Crippen molar-refractivity contribution in [2.45, 2.75) is 167 Å². The van der Waals surface area contributed by atoms with Crippen molar-refractivity contribution in [1.82, 2.24) is 9.80 Å². The number of carbonyl (C=O) groups is 3. The summed E-state index contributed by atoms with van der Waals surface area (Å²) in [5, 5.41) is 0. The van der Waals surface area contributed by atoms with Crippen molar-refractivity contribution in [1.29, 1.82) is 0 Å². The van der Waals surface area contributed by atoms with Crippen molar-refractivity contribution in [3.63, 3.8) is 0 Å². The number of esters is 2. The minimum absolute atomic E-state index is 0.0551. The molecule has 1 unspecified atom stereocenters. The fourth-order valence-corrected chi connectivity index (χ4v) is 5.60. The standard InChI is InChI=1S/C35H66F2N2O5/c1-6-8-9-10-11-12-13-18-24-31(25-19-14-15-20-27-33(41)43-5)39(32(40)26-23-29-38(3)4)30-22-17-16-21-28-35(36,37)34(42)44-7-2/h31H,6-30H2,1-5H3. The number of halogens is 2. The fourth-order valence-electron chi connectivity index (χ4n) is 5.60. The molecule has 0 saturated heterocycles. The lowest BCUT2D eigenvalue weighted by Crippen LogP contribution is -2.41. The van der Waals surface area contributed by atoms with Crippen LogP contribution in [0.25, 0.3) is 0 Å². The van der Waals surface area contributed by atoms with Crippen LogP contribution in [-0.2, 0) is 23.9 Å². The van der Waals surface area contributed by atoms with Crippen molar-refractivity contribution in [3.8, 4) is 0 Å². The molecule has 0 bridgehead atoms. The van der Waals surface area contributed by atoms with E-state index in [-0.39, 0.29) is 30.9 Å². The molecule has 0 aliphatic heterocycles. The molecule has 0 aromatic rings. The van der Waals surface area contributed by atoms with E-state index in [1.165, 1.54) is 59.0 Å². The minimum Gasteiger partial charge on any atom is -0.469 e. The van der Waals surface area contributed by atoms with E-state index in [1.807, 2.05) is 14.1 Å². The number of hydrogen-bond donors (Lipinski definition) is 0. The molecule has 9 heteroatoms. The van der Waals surface area contributed by atoms with Gasteiger partial charge in [-0.05, 0) is 66.1 Å². The molecule has 0 radical (unpaired) electrons. The molecule has 0 aliphatic carbocycles. The average Bonchev–Trinajstić information content (AvgIpc) is 2.98. The Morgan fingerprint density at radius 1 is 0.682 bits per heavy atom. The maximum atomic E-state index is 14.0. The molecule has 260 valence electrons. The van der Waals surface area contributed by atoms with E-state index in [4.69, 9.17) is 4.74 Å². The predicted molar refractivity (Wildman–Crippen MR) is 175 cm³/mol. The summed E-state index contributed by atoms with van der Waals surface area (Å²) in [7, 11) is 5.44. The van der Waals surface area contributed by atoms with Gasteiger partial charge in [-0.3, -0.25) is 9.59 Å². The summed E-state index contributed by atoms with van der Waals surface area (Å²) in [6.07, 6.45) is 19.3. The van der Waals surface area contributed by atoms with Gasteiger partial charge in [0, 0.05) is 31.8 Å². The van der Waals surface area contributed by atoms with Crippen LogP contribution in [0.5, 0.6) is 0 Å². The van der Waals surface area contributed by atoms with E-state index in [0.717, 1.165) is 70.8 Å². The van der Waals surface area contributed by atoms with E-state index >= 15 is 0 Å². The summed E-state index contributed by atoms with van der Waals surface area (Å²) in [5.74, 6) is -4.86. The Balaban J connectivity index is 5.14. The van der Waals surface area contributed by atoms with Gasteiger partial charge in [-0.15, -0.1) is 0 Å². The molecule has 0 aromatic heterocycles. The molecule has 0 fully saturated rings. The number of methoxy groups -OCH3 is 1. The molecule has 44 heavy (non-hydrogen) atoms. The monoisotopic (exact) mass is 632 g/mol. The predicted octanol–water partition coefficient (Wildman–Crippen LogP) is 8.72. The highest BCUT2D eigenvalue weighted by atomic mass is 19.3. The van der Waals surface area contributed by atoms with Crippen molar-refractivity contribution < 1.29 is 32.6 Å². The maximum absolute atomic E-state index is 14.0. The summed E-state index contributed by atoms with van der Waals surface area (Å²) in [4.78, 5) is 40.6. The second-order valence-electron chi connectivity index (χ2n) is 12.5.